The largest absolute Gasteiger partial charge is 0.769 e. The molecule has 1 unspecified atom stereocenters. The fourth-order valence-electron chi connectivity index (χ4n) is 0.254. The highest BCUT2D eigenvalue weighted by Crippen LogP contribution is 1.98. The van der Waals surface area contributed by atoms with Crippen molar-refractivity contribution >= 4 is 25.4 Å². The van der Waals surface area contributed by atoms with Gasteiger partial charge in [-0.25, -0.2) is 0 Å². The van der Waals surface area contributed by atoms with Crippen LogP contribution in [0.4, 0.5) is 0 Å². The monoisotopic (exact) mass is 349 g/mol. The summed E-state index contributed by atoms with van der Waals surface area (Å²) in [6.45, 7) is 22.1. The number of hydrogen-bond donors (Lipinski definition) is 0. The van der Waals surface area contributed by atoms with Gasteiger partial charge in [-0.15, -0.1) is 0 Å². The Bertz CT molecular complexity index is 675. The molecule has 0 aliphatic carbocycles. The Labute approximate surface area is 138 Å². The van der Waals surface area contributed by atoms with Crippen LogP contribution in [0.2, 0.25) is 13.1 Å². The highest BCUT2D eigenvalue weighted by atomic mass is 28.3. The highest BCUT2D eigenvalue weighted by Gasteiger charge is 2.49. The summed E-state index contributed by atoms with van der Waals surface area (Å²) >= 11 is 0. The normalized spacial score (nSPS) is 8.74. The highest BCUT2D eigenvalue weighted by molar-refractivity contribution is 7.02. The molecule has 0 aromatic heterocycles. The molecule has 108 valence electrons. The van der Waals surface area contributed by atoms with Gasteiger partial charge >= 0.3 is 25.4 Å². The van der Waals surface area contributed by atoms with Gasteiger partial charge < -0.3 is 13.5 Å². The third-order valence-corrected chi connectivity index (χ3v) is 5.08. The number of nitrogens with zero attached hydrogens (tertiary/aromatic N) is 9. The van der Waals surface area contributed by atoms with Crippen LogP contribution in [0.3, 0.4) is 0 Å². The topological polar surface area (TPSA) is 156 Å². The smallest absolute Gasteiger partial charge is 0.400 e. The first-order valence-corrected chi connectivity index (χ1v) is 12.0. The summed E-state index contributed by atoms with van der Waals surface area (Å²) in [6, 6.07) is 0. The van der Waals surface area contributed by atoms with E-state index in [2.05, 4.69) is 13.5 Å². The van der Waals surface area contributed by atoms with Crippen LogP contribution in [0, 0.1) is 85.4 Å². The van der Waals surface area contributed by atoms with Crippen LogP contribution in [0.5, 0.6) is 0 Å². The zero-order valence-electron chi connectivity index (χ0n) is 12.1. The van der Waals surface area contributed by atoms with Gasteiger partial charge in [0.05, 0.1) is 0 Å². The van der Waals surface area contributed by atoms with Gasteiger partial charge in [-0.1, -0.05) is 0 Å². The van der Waals surface area contributed by atoms with Crippen molar-refractivity contribution in [3.8, 4) is 34.2 Å². The number of hydrogen-bond acceptors (Lipinski definition) is 6. The molecule has 9 nitrogen and oxygen atoms in total. The molecule has 0 radical (unpaired) electrons. The first kappa shape index (κ1) is 24.1. The molecule has 0 amide bonds. The van der Waals surface area contributed by atoms with Crippen LogP contribution >= 0.6 is 0 Å². The van der Waals surface area contributed by atoms with Gasteiger partial charge in [-0.2, -0.15) is 31.6 Å². The van der Waals surface area contributed by atoms with Crippen LogP contribution in [0.15, 0.2) is 0 Å². The van der Waals surface area contributed by atoms with E-state index in [0.717, 1.165) is 0 Å². The Balaban J connectivity index is -0.000000266. The van der Waals surface area contributed by atoms with Crippen molar-refractivity contribution in [2.75, 3.05) is 0 Å². The maximum atomic E-state index is 8.16. The van der Waals surface area contributed by atoms with Crippen molar-refractivity contribution in [2.24, 2.45) is 0 Å². The van der Waals surface area contributed by atoms with Crippen LogP contribution in [0.1, 0.15) is 0 Å². The lowest BCUT2D eigenvalue weighted by molar-refractivity contribution is 1.51. The molecule has 0 heterocycles. The van der Waals surface area contributed by atoms with E-state index in [1.54, 1.807) is 17.9 Å². The molecule has 0 saturated carbocycles. The first-order chi connectivity index (χ1) is 10.7. The zero-order valence-corrected chi connectivity index (χ0v) is 15.3. The second-order valence-electron chi connectivity index (χ2n) is 3.50. The molecule has 1 atom stereocenters. The van der Waals surface area contributed by atoms with E-state index >= 15 is 0 Å². The van der Waals surface area contributed by atoms with E-state index in [9.17, 15) is 0 Å². The second kappa shape index (κ2) is 13.1. The third-order valence-electron chi connectivity index (χ3n) is 1.69. The van der Waals surface area contributed by atoms with E-state index in [1.807, 2.05) is 5.69 Å². The summed E-state index contributed by atoms with van der Waals surface area (Å²) < 4.78 is 8.64. The van der Waals surface area contributed by atoms with E-state index in [4.69, 9.17) is 51.3 Å². The van der Waals surface area contributed by atoms with Crippen molar-refractivity contribution in [3.63, 3.8) is 0 Å². The van der Waals surface area contributed by atoms with E-state index in [-0.39, 0.29) is 0 Å². The predicted octanol–water partition coefficient (Wildman–Crippen LogP) is 0.968. The Morgan fingerprint density at radius 3 is 1.17 bits per heavy atom. The summed E-state index contributed by atoms with van der Waals surface area (Å²) in [6.07, 6.45) is 0. The van der Waals surface area contributed by atoms with Crippen molar-refractivity contribution in [3.05, 3.63) is 33.2 Å². The van der Waals surface area contributed by atoms with E-state index < -0.39 is 25.4 Å². The third kappa shape index (κ3) is 10.5. The van der Waals surface area contributed by atoms with Gasteiger partial charge in [0.2, 0.25) is 0 Å². The van der Waals surface area contributed by atoms with Crippen molar-refractivity contribution in [1.82, 2.24) is 0 Å². The van der Waals surface area contributed by atoms with Crippen LogP contribution in [-0.4, -0.2) is 25.4 Å². The molecule has 0 aliphatic heterocycles. The summed E-state index contributed by atoms with van der Waals surface area (Å²) in [7, 11) is -7.81. The molecular weight excluding hydrogens is 342 g/mol. The average Bonchev–Trinajstić information content (AvgIpc) is 2.63. The maximum Gasteiger partial charge on any atom is 0.769 e. The lowest BCUT2D eigenvalue weighted by atomic mass is 11.7. The molecule has 0 saturated heterocycles. The van der Waals surface area contributed by atoms with E-state index in [1.165, 1.54) is 23.6 Å². The lowest BCUT2D eigenvalue weighted by Crippen LogP contribution is -2.24. The fraction of sp³-hybridized carbons (Fsp3) is 0.182. The van der Waals surface area contributed by atoms with Gasteiger partial charge in [0.15, 0.2) is 17.1 Å². The molecule has 0 bridgehead atoms. The standard InChI is InChI=1S/C4N4Si.C4H3N3Si.C3H4N2Si/c1-8-9(2-5,3-6)4-7;1-7-8(2,3-5)4-6;1-5-6(2)3-4/h;2H3;6H,2H3. The van der Waals surface area contributed by atoms with Gasteiger partial charge in [-0.05, 0) is 0 Å². The SMILES string of the molecule is [C-]#[N+][SiH](C)C#N.[C-]#[N+][Si](C#N)(C#N)C#N.[C-]#[N+][Si](C)(C#N)C#N. The first-order valence-electron chi connectivity index (χ1n) is 5.33. The molecule has 0 spiro atoms. The Morgan fingerprint density at radius 1 is 0.783 bits per heavy atom. The minimum atomic E-state index is -3.48. The molecule has 12 heteroatoms. The number of nitriles is 6. The zero-order chi connectivity index (χ0) is 18.9. The van der Waals surface area contributed by atoms with E-state index in [0.29, 0.717) is 0 Å². The summed E-state index contributed by atoms with van der Waals surface area (Å²) in [5, 5.41) is 48.6. The van der Waals surface area contributed by atoms with Crippen LogP contribution < -0.4 is 0 Å². The molecule has 23 heavy (non-hydrogen) atoms. The molecule has 0 rings (SSSR count). The van der Waals surface area contributed by atoms with Crippen LogP contribution in [-0.2, 0) is 0 Å². The van der Waals surface area contributed by atoms with Crippen LogP contribution in [0.25, 0.3) is 13.5 Å². The molecule has 0 N–H and O–H groups in total. The summed E-state index contributed by atoms with van der Waals surface area (Å²) in [5.74, 6) is 0. The van der Waals surface area contributed by atoms with Gasteiger partial charge in [0.1, 0.15) is 17.1 Å². The van der Waals surface area contributed by atoms with Crippen molar-refractivity contribution in [1.29, 1.82) is 31.6 Å². The Morgan fingerprint density at radius 2 is 1.17 bits per heavy atom. The molecule has 0 aromatic rings. The maximum absolute atomic E-state index is 8.16. The Kier molecular flexibility index (Phi) is 13.7. The van der Waals surface area contributed by atoms with Crippen molar-refractivity contribution in [2.45, 2.75) is 13.1 Å². The predicted molar refractivity (Wildman–Crippen MR) is 83.9 cm³/mol. The second-order valence-corrected chi connectivity index (χ2v) is 10.5. The van der Waals surface area contributed by atoms with Gasteiger partial charge in [-0.3, -0.25) is 19.7 Å². The quantitative estimate of drug-likeness (QED) is 0.468. The molecular formula is C11H7N9Si3. The lowest BCUT2D eigenvalue weighted by Gasteiger charge is -1.83. The van der Waals surface area contributed by atoms with Gasteiger partial charge in [0, 0.05) is 13.1 Å². The molecule has 0 aromatic carbocycles. The fourth-order valence-corrected chi connectivity index (χ4v) is 0.762. The van der Waals surface area contributed by atoms with Gasteiger partial charge in [0.25, 0.3) is 0 Å². The van der Waals surface area contributed by atoms with Crippen molar-refractivity contribution < 1.29 is 0 Å². The summed E-state index contributed by atoms with van der Waals surface area (Å²) in [5.41, 5.74) is 9.58. The summed E-state index contributed by atoms with van der Waals surface area (Å²) in [4.78, 5) is 0. The minimum Gasteiger partial charge on any atom is -0.400 e. The molecule has 0 fully saturated rings. The number of rotatable bonds is 0. The minimum absolute atomic E-state index is 1.42. The average molecular weight is 349 g/mol. The Hall–Kier alpha value is -3.94. The molecule has 0 aliphatic rings.